The highest BCUT2D eigenvalue weighted by molar-refractivity contribution is 9.09. The lowest BCUT2D eigenvalue weighted by Crippen LogP contribution is -1.84. The topological polar surface area (TPSA) is 38.9 Å². The number of aryl methyl sites for hydroxylation is 1. The first-order valence-corrected chi connectivity index (χ1v) is 7.02. The molecule has 1 aromatic carbocycles. The molecule has 0 spiro atoms. The van der Waals surface area contributed by atoms with Crippen molar-refractivity contribution in [3.05, 3.63) is 34.7 Å². The molecule has 0 amide bonds. The summed E-state index contributed by atoms with van der Waals surface area (Å²) in [6, 6.07) is 8.05. The van der Waals surface area contributed by atoms with Crippen LogP contribution in [0.5, 0.6) is 0 Å². The highest BCUT2D eigenvalue weighted by Crippen LogP contribution is 2.28. The zero-order chi connectivity index (χ0) is 12.3. The number of nitrogens with zero attached hydrogens (tertiary/aromatic N) is 1. The molecule has 0 saturated heterocycles. The molecule has 2 rings (SSSR count). The van der Waals surface area contributed by atoms with E-state index in [4.69, 9.17) is 5.73 Å². The maximum absolute atomic E-state index is 5.69. The molecule has 2 N–H and O–H groups in total. The lowest BCUT2D eigenvalue weighted by Gasteiger charge is -1.98. The first kappa shape index (κ1) is 12.2. The molecule has 0 aliphatic rings. The van der Waals surface area contributed by atoms with Crippen LogP contribution in [0.3, 0.4) is 0 Å². The Balaban J connectivity index is 2.32. The molecule has 0 bridgehead atoms. The number of thiazole rings is 1. The van der Waals surface area contributed by atoms with E-state index in [-0.39, 0.29) is 0 Å². The molecule has 0 aliphatic carbocycles. The van der Waals surface area contributed by atoms with Crippen LogP contribution in [0.1, 0.15) is 10.4 Å². The predicted molar refractivity (Wildman–Crippen MR) is 77.4 cm³/mol. The van der Waals surface area contributed by atoms with Gasteiger partial charge in [0, 0.05) is 16.0 Å². The van der Waals surface area contributed by atoms with Crippen LogP contribution < -0.4 is 5.73 Å². The second-order valence-electron chi connectivity index (χ2n) is 3.47. The van der Waals surface area contributed by atoms with Gasteiger partial charge in [-0.25, -0.2) is 4.98 Å². The van der Waals surface area contributed by atoms with E-state index in [2.05, 4.69) is 32.8 Å². The number of hydrogen-bond donors (Lipinski definition) is 1. The minimum absolute atomic E-state index is 0.612. The van der Waals surface area contributed by atoms with Crippen LogP contribution in [0.2, 0.25) is 0 Å². The average molecular weight is 307 g/mol. The molecule has 17 heavy (non-hydrogen) atoms. The van der Waals surface area contributed by atoms with Gasteiger partial charge >= 0.3 is 0 Å². The van der Waals surface area contributed by atoms with Gasteiger partial charge in [-0.05, 0) is 19.1 Å². The highest BCUT2D eigenvalue weighted by atomic mass is 79.9. The summed E-state index contributed by atoms with van der Waals surface area (Å²) in [5.74, 6) is 6.03. The number of rotatable bonds is 1. The van der Waals surface area contributed by atoms with Gasteiger partial charge in [-0.2, -0.15) is 0 Å². The van der Waals surface area contributed by atoms with Crippen molar-refractivity contribution < 1.29 is 0 Å². The fourth-order valence-corrected chi connectivity index (χ4v) is 2.38. The summed E-state index contributed by atoms with van der Waals surface area (Å²) in [5, 5.41) is 1.30. The summed E-state index contributed by atoms with van der Waals surface area (Å²) < 4.78 is 0. The third-order valence-electron chi connectivity index (χ3n) is 2.27. The number of alkyl halides is 1. The van der Waals surface area contributed by atoms with Crippen LogP contribution in [0.15, 0.2) is 24.3 Å². The van der Waals surface area contributed by atoms with Crippen molar-refractivity contribution in [3.8, 4) is 23.1 Å². The van der Waals surface area contributed by atoms with Gasteiger partial charge < -0.3 is 5.73 Å². The summed E-state index contributed by atoms with van der Waals surface area (Å²) in [6.07, 6.45) is 0. The Hall–Kier alpha value is -1.31. The zero-order valence-electron chi connectivity index (χ0n) is 9.33. The Labute approximate surface area is 113 Å². The number of nitrogen functional groups attached to an aromatic ring is 1. The van der Waals surface area contributed by atoms with E-state index >= 15 is 0 Å². The van der Waals surface area contributed by atoms with Crippen LogP contribution in [-0.4, -0.2) is 10.3 Å². The number of halogens is 1. The standard InChI is InChI=1S/C13H11BrN2S/c1-9-12(16-13(15)17-9)11-6-4-10(5-7-11)3-2-8-14/h4-7H,8H2,1H3,(H2,15,16). The number of benzene rings is 1. The molecule has 0 atom stereocenters. The van der Waals surface area contributed by atoms with E-state index in [0.29, 0.717) is 10.5 Å². The summed E-state index contributed by atoms with van der Waals surface area (Å²) >= 11 is 4.79. The Morgan fingerprint density at radius 2 is 2.06 bits per heavy atom. The highest BCUT2D eigenvalue weighted by Gasteiger charge is 2.07. The third kappa shape index (κ3) is 2.87. The van der Waals surface area contributed by atoms with Gasteiger partial charge in [0.2, 0.25) is 0 Å². The van der Waals surface area contributed by atoms with E-state index in [1.54, 1.807) is 0 Å². The molecule has 0 saturated carbocycles. The number of aromatic nitrogens is 1. The second kappa shape index (κ2) is 5.35. The van der Waals surface area contributed by atoms with E-state index < -0.39 is 0 Å². The third-order valence-corrected chi connectivity index (χ3v) is 3.35. The molecule has 86 valence electrons. The van der Waals surface area contributed by atoms with E-state index in [1.165, 1.54) is 11.3 Å². The lowest BCUT2D eigenvalue weighted by atomic mass is 10.1. The summed E-state index contributed by atoms with van der Waals surface area (Å²) in [5.41, 5.74) is 8.75. The number of nitrogens with two attached hydrogens (primary N) is 1. The minimum Gasteiger partial charge on any atom is -0.375 e. The molecule has 2 aromatic rings. The SMILES string of the molecule is Cc1sc(N)nc1-c1ccc(C#CCBr)cc1. The molecule has 0 aliphatic heterocycles. The van der Waals surface area contributed by atoms with Gasteiger partial charge in [0.15, 0.2) is 5.13 Å². The van der Waals surface area contributed by atoms with Crippen LogP contribution in [-0.2, 0) is 0 Å². The largest absolute Gasteiger partial charge is 0.375 e. The zero-order valence-corrected chi connectivity index (χ0v) is 11.7. The van der Waals surface area contributed by atoms with Gasteiger partial charge in [0.1, 0.15) is 0 Å². The molecule has 0 radical (unpaired) electrons. The number of hydrogen-bond acceptors (Lipinski definition) is 3. The Morgan fingerprint density at radius 3 is 2.59 bits per heavy atom. The second-order valence-corrected chi connectivity index (χ2v) is 5.27. The summed E-state index contributed by atoms with van der Waals surface area (Å²) in [7, 11) is 0. The van der Waals surface area contributed by atoms with Gasteiger partial charge in [0.25, 0.3) is 0 Å². The molecule has 0 fully saturated rings. The minimum atomic E-state index is 0.612. The predicted octanol–water partition coefficient (Wildman–Crippen LogP) is 3.45. The van der Waals surface area contributed by atoms with Crippen LogP contribution in [0.25, 0.3) is 11.3 Å². The van der Waals surface area contributed by atoms with Gasteiger partial charge in [-0.3, -0.25) is 0 Å². The Bertz CT molecular complexity index is 576. The van der Waals surface area contributed by atoms with Gasteiger partial charge in [0.05, 0.1) is 11.0 Å². The smallest absolute Gasteiger partial charge is 0.180 e. The van der Waals surface area contributed by atoms with Crippen LogP contribution in [0.4, 0.5) is 5.13 Å². The summed E-state index contributed by atoms with van der Waals surface area (Å²) in [4.78, 5) is 5.47. The van der Waals surface area contributed by atoms with E-state index in [9.17, 15) is 0 Å². The van der Waals surface area contributed by atoms with Crippen molar-refractivity contribution in [3.63, 3.8) is 0 Å². The quantitative estimate of drug-likeness (QED) is 0.647. The molecular formula is C13H11BrN2S. The van der Waals surface area contributed by atoms with Gasteiger partial charge in [-0.15, -0.1) is 11.3 Å². The van der Waals surface area contributed by atoms with Crippen molar-refractivity contribution in [1.29, 1.82) is 0 Å². The van der Waals surface area contributed by atoms with E-state index in [1.807, 2.05) is 31.2 Å². The fourth-order valence-electron chi connectivity index (χ4n) is 1.53. The molecule has 4 heteroatoms. The monoisotopic (exact) mass is 306 g/mol. The molecule has 1 heterocycles. The lowest BCUT2D eigenvalue weighted by molar-refractivity contribution is 1.38. The van der Waals surface area contributed by atoms with E-state index in [0.717, 1.165) is 21.7 Å². The average Bonchev–Trinajstić information content (AvgIpc) is 2.66. The maximum atomic E-state index is 5.69. The van der Waals surface area contributed by atoms with Crippen LogP contribution >= 0.6 is 27.3 Å². The van der Waals surface area contributed by atoms with Crippen molar-refractivity contribution in [2.24, 2.45) is 0 Å². The first-order valence-electron chi connectivity index (χ1n) is 5.09. The summed E-state index contributed by atoms with van der Waals surface area (Å²) in [6.45, 7) is 2.03. The van der Waals surface area contributed by atoms with Gasteiger partial charge in [-0.1, -0.05) is 39.9 Å². The maximum Gasteiger partial charge on any atom is 0.180 e. The number of anilines is 1. The molecular weight excluding hydrogens is 296 g/mol. The van der Waals surface area contributed by atoms with Crippen molar-refractivity contribution in [1.82, 2.24) is 4.98 Å². The van der Waals surface area contributed by atoms with Crippen molar-refractivity contribution >= 4 is 32.4 Å². The van der Waals surface area contributed by atoms with Crippen LogP contribution in [0, 0.1) is 18.8 Å². The normalized spacial score (nSPS) is 9.76. The first-order chi connectivity index (χ1) is 8.20. The Morgan fingerprint density at radius 1 is 1.35 bits per heavy atom. The van der Waals surface area contributed by atoms with Crippen molar-refractivity contribution in [2.45, 2.75) is 6.92 Å². The molecule has 0 unspecified atom stereocenters. The molecule has 1 aromatic heterocycles. The molecule has 2 nitrogen and oxygen atoms in total. The fraction of sp³-hybridized carbons (Fsp3) is 0.154. The van der Waals surface area contributed by atoms with Crippen molar-refractivity contribution in [2.75, 3.05) is 11.1 Å². The Kier molecular flexibility index (Phi) is 3.82.